The molecular weight excluding hydrogens is 713 g/mol. The van der Waals surface area contributed by atoms with Gasteiger partial charge in [-0.2, -0.15) is 0 Å². The number of carbonyl (C=O) groups is 2. The van der Waals surface area contributed by atoms with Gasteiger partial charge in [0, 0.05) is 42.7 Å². The fourth-order valence-electron chi connectivity index (χ4n) is 8.98. The third kappa shape index (κ3) is 10.3. The molecule has 1 saturated carbocycles. The molecule has 9 heteroatoms. The van der Waals surface area contributed by atoms with Crippen LogP contribution in [-0.2, 0) is 34.0 Å². The molecular formula is C48H60N4O5. The number of urea groups is 1. The molecule has 302 valence electrons. The van der Waals surface area contributed by atoms with Crippen LogP contribution in [0.3, 0.4) is 0 Å². The number of piperidine rings is 1. The van der Waals surface area contributed by atoms with E-state index in [-0.39, 0.29) is 48.3 Å². The van der Waals surface area contributed by atoms with Gasteiger partial charge in [-0.25, -0.2) is 4.79 Å². The minimum absolute atomic E-state index is 0.00700. The Kier molecular flexibility index (Phi) is 13.1. The Morgan fingerprint density at radius 3 is 2.14 bits per heavy atom. The summed E-state index contributed by atoms with van der Waals surface area (Å²) < 4.78 is 13.8. The summed E-state index contributed by atoms with van der Waals surface area (Å²) in [5.41, 5.74) is 6.68. The Balaban J connectivity index is 1.09. The van der Waals surface area contributed by atoms with Crippen LogP contribution in [0, 0.1) is 11.8 Å². The van der Waals surface area contributed by atoms with Gasteiger partial charge in [-0.3, -0.25) is 9.69 Å². The SMILES string of the molecule is C[C@H]1[C@@H](CN2[C@@H](C(=O)NC(C)(C)C)CC[C@H]3CCCC[C@H]32)O[C@@H](c2ccc(-c3cccc(CNC(=O)NCc4ccccc4)c3)cc2)O[C@H]1c1ccc(CO)cc1. The molecule has 4 aromatic rings. The minimum atomic E-state index is -0.610. The molecule has 3 amide bonds. The molecule has 2 aliphatic heterocycles. The molecule has 3 fully saturated rings. The number of aliphatic hydroxyl groups is 1. The monoisotopic (exact) mass is 772 g/mol. The average Bonchev–Trinajstić information content (AvgIpc) is 3.23. The van der Waals surface area contributed by atoms with E-state index < -0.39 is 6.29 Å². The fraction of sp³-hybridized carbons (Fsp3) is 0.458. The van der Waals surface area contributed by atoms with Crippen LogP contribution in [0.5, 0.6) is 0 Å². The van der Waals surface area contributed by atoms with Crippen molar-refractivity contribution in [2.24, 2.45) is 11.8 Å². The van der Waals surface area contributed by atoms with Crippen LogP contribution in [0.25, 0.3) is 11.1 Å². The lowest BCUT2D eigenvalue weighted by molar-refractivity contribution is -0.278. The van der Waals surface area contributed by atoms with Crippen LogP contribution in [0.1, 0.15) is 106 Å². The van der Waals surface area contributed by atoms with E-state index in [0.29, 0.717) is 31.6 Å². The Morgan fingerprint density at radius 1 is 0.737 bits per heavy atom. The summed E-state index contributed by atoms with van der Waals surface area (Å²) in [6, 6.07) is 34.4. The number of hydrogen-bond acceptors (Lipinski definition) is 6. The first-order chi connectivity index (χ1) is 27.5. The molecule has 1 aliphatic carbocycles. The Hall–Kier alpha value is -4.54. The zero-order valence-electron chi connectivity index (χ0n) is 34.0. The van der Waals surface area contributed by atoms with Crippen LogP contribution in [-0.4, -0.2) is 52.2 Å². The zero-order valence-corrected chi connectivity index (χ0v) is 34.0. The molecule has 2 saturated heterocycles. The molecule has 4 N–H and O–H groups in total. The lowest BCUT2D eigenvalue weighted by Gasteiger charge is -2.51. The number of rotatable bonds is 11. The number of nitrogens with one attached hydrogen (secondary N) is 3. The van der Waals surface area contributed by atoms with Crippen molar-refractivity contribution in [1.29, 1.82) is 0 Å². The Morgan fingerprint density at radius 2 is 1.42 bits per heavy atom. The van der Waals surface area contributed by atoms with Crippen LogP contribution in [0.4, 0.5) is 4.79 Å². The molecule has 3 aliphatic rings. The van der Waals surface area contributed by atoms with Gasteiger partial charge >= 0.3 is 6.03 Å². The molecule has 0 radical (unpaired) electrons. The molecule has 4 aromatic carbocycles. The summed E-state index contributed by atoms with van der Waals surface area (Å²) in [6.45, 7) is 9.88. The van der Waals surface area contributed by atoms with E-state index in [9.17, 15) is 14.7 Å². The summed E-state index contributed by atoms with van der Waals surface area (Å²) in [5, 5.41) is 19.0. The van der Waals surface area contributed by atoms with Gasteiger partial charge in [0.1, 0.15) is 0 Å². The van der Waals surface area contributed by atoms with Crippen LogP contribution in [0.15, 0.2) is 103 Å². The highest BCUT2D eigenvalue weighted by Crippen LogP contribution is 2.44. The zero-order chi connectivity index (χ0) is 39.9. The second-order valence-corrected chi connectivity index (χ2v) is 17.3. The first-order valence-electron chi connectivity index (χ1n) is 20.9. The lowest BCUT2D eigenvalue weighted by Crippen LogP contribution is -2.61. The van der Waals surface area contributed by atoms with E-state index in [4.69, 9.17) is 9.47 Å². The maximum absolute atomic E-state index is 13.9. The standard InChI is InChI=1S/C48H60N4O5/c1-32-43(30-52-41-16-9-8-14-37(41)25-26-42(52)45(54)51-48(2,3)4)56-46(57-44(32)38-19-17-34(31-53)18-20-38)39-23-21-36(22-24-39)40-15-10-13-35(27-40)29-50-47(55)49-28-33-11-6-5-7-12-33/h5-7,10-13,15,17-24,27,32,37,41-44,46,53H,8-9,14,16,25-26,28-31H2,1-4H3,(H,51,54)(H2,49,50,55)/t32-,37+,41+,42+,43+,44+,46+/m0/s1. The number of aliphatic hydroxyl groups excluding tert-OH is 1. The van der Waals surface area contributed by atoms with Gasteiger partial charge in [0.05, 0.1) is 24.9 Å². The molecule has 57 heavy (non-hydrogen) atoms. The van der Waals surface area contributed by atoms with Gasteiger partial charge in [-0.05, 0) is 91.8 Å². The van der Waals surface area contributed by atoms with Crippen LogP contribution >= 0.6 is 0 Å². The van der Waals surface area contributed by atoms with E-state index >= 15 is 0 Å². The minimum Gasteiger partial charge on any atom is -0.392 e. The van der Waals surface area contributed by atoms with Gasteiger partial charge in [0.15, 0.2) is 6.29 Å². The van der Waals surface area contributed by atoms with Gasteiger partial charge in [-0.15, -0.1) is 0 Å². The fourth-order valence-corrected chi connectivity index (χ4v) is 8.98. The molecule has 0 aromatic heterocycles. The predicted octanol–water partition coefficient (Wildman–Crippen LogP) is 8.57. The molecule has 0 bridgehead atoms. The highest BCUT2D eigenvalue weighted by molar-refractivity contribution is 5.82. The number of nitrogens with zero attached hydrogens (tertiary/aromatic N) is 1. The molecule has 2 heterocycles. The van der Waals surface area contributed by atoms with Crippen molar-refractivity contribution in [3.8, 4) is 11.1 Å². The maximum Gasteiger partial charge on any atom is 0.315 e. The number of benzene rings is 4. The highest BCUT2D eigenvalue weighted by atomic mass is 16.7. The summed E-state index contributed by atoms with van der Waals surface area (Å²) in [4.78, 5) is 28.9. The number of likely N-dealkylation sites (tertiary alicyclic amines) is 1. The number of fused-ring (bicyclic) bond motifs is 1. The average molecular weight is 773 g/mol. The van der Waals surface area contributed by atoms with Gasteiger partial charge < -0.3 is 30.5 Å². The third-order valence-electron chi connectivity index (χ3n) is 12.0. The summed E-state index contributed by atoms with van der Waals surface area (Å²) in [7, 11) is 0. The van der Waals surface area contributed by atoms with E-state index in [1.165, 1.54) is 19.3 Å². The first kappa shape index (κ1) is 40.6. The van der Waals surface area contributed by atoms with Crippen molar-refractivity contribution >= 4 is 11.9 Å². The highest BCUT2D eigenvalue weighted by Gasteiger charge is 2.46. The number of hydrogen-bond donors (Lipinski definition) is 4. The van der Waals surface area contributed by atoms with Crippen LogP contribution in [0.2, 0.25) is 0 Å². The van der Waals surface area contributed by atoms with Crippen molar-refractivity contribution in [2.75, 3.05) is 6.54 Å². The second-order valence-electron chi connectivity index (χ2n) is 17.3. The van der Waals surface area contributed by atoms with Crippen molar-refractivity contribution in [3.05, 3.63) is 131 Å². The molecule has 7 rings (SSSR count). The second kappa shape index (κ2) is 18.4. The van der Waals surface area contributed by atoms with Crippen molar-refractivity contribution < 1.29 is 24.2 Å². The lowest BCUT2D eigenvalue weighted by atomic mass is 9.75. The number of ether oxygens (including phenoxy) is 2. The normalized spacial score (nSPS) is 25.2. The number of carbonyl (C=O) groups excluding carboxylic acids is 2. The summed E-state index contributed by atoms with van der Waals surface area (Å²) in [5.74, 6) is 0.720. The van der Waals surface area contributed by atoms with E-state index in [1.54, 1.807) is 0 Å². The molecule has 9 nitrogen and oxygen atoms in total. The van der Waals surface area contributed by atoms with Crippen molar-refractivity contribution in [1.82, 2.24) is 20.9 Å². The van der Waals surface area contributed by atoms with E-state index in [0.717, 1.165) is 58.2 Å². The third-order valence-corrected chi connectivity index (χ3v) is 12.0. The van der Waals surface area contributed by atoms with Gasteiger partial charge in [0.2, 0.25) is 5.91 Å². The molecule has 7 atom stereocenters. The van der Waals surface area contributed by atoms with Gasteiger partial charge in [-0.1, -0.05) is 117 Å². The smallest absolute Gasteiger partial charge is 0.315 e. The van der Waals surface area contributed by atoms with Gasteiger partial charge in [0.25, 0.3) is 0 Å². The Bertz CT molecular complexity index is 1930. The van der Waals surface area contributed by atoms with E-state index in [2.05, 4.69) is 97.1 Å². The van der Waals surface area contributed by atoms with E-state index in [1.807, 2.05) is 54.6 Å². The summed E-state index contributed by atoms with van der Waals surface area (Å²) in [6.07, 6.45) is 5.68. The predicted molar refractivity (Wildman–Crippen MR) is 224 cm³/mol. The number of amides is 3. The van der Waals surface area contributed by atoms with Crippen molar-refractivity contribution in [3.63, 3.8) is 0 Å². The summed E-state index contributed by atoms with van der Waals surface area (Å²) >= 11 is 0. The quantitative estimate of drug-likeness (QED) is 0.122. The molecule has 0 unspecified atom stereocenters. The topological polar surface area (TPSA) is 112 Å². The first-order valence-corrected chi connectivity index (χ1v) is 20.9. The largest absolute Gasteiger partial charge is 0.392 e. The Labute approximate surface area is 338 Å². The van der Waals surface area contributed by atoms with Crippen molar-refractivity contribution in [2.45, 2.75) is 122 Å². The maximum atomic E-state index is 13.9. The van der Waals surface area contributed by atoms with Crippen LogP contribution < -0.4 is 16.0 Å². The molecule has 0 spiro atoms.